The van der Waals surface area contributed by atoms with E-state index in [0.29, 0.717) is 5.92 Å². The van der Waals surface area contributed by atoms with Crippen LogP contribution in [0.15, 0.2) is 83.3 Å². The van der Waals surface area contributed by atoms with Crippen molar-refractivity contribution in [3.8, 4) is 11.1 Å². The van der Waals surface area contributed by atoms with Crippen LogP contribution in [0, 0.1) is 0 Å². The van der Waals surface area contributed by atoms with Gasteiger partial charge in [-0.15, -0.1) is 0 Å². The van der Waals surface area contributed by atoms with Gasteiger partial charge in [-0.2, -0.15) is 0 Å². The molecular weight excluding hydrogens is 316 g/mol. The number of furan rings is 1. The van der Waals surface area contributed by atoms with E-state index in [0.717, 1.165) is 11.2 Å². The molecule has 0 atom stereocenters. The minimum absolute atomic E-state index is 0.439. The summed E-state index contributed by atoms with van der Waals surface area (Å²) in [7, 11) is 0. The predicted octanol–water partition coefficient (Wildman–Crippen LogP) is 7.53. The maximum atomic E-state index is 6.28. The number of para-hydroxylation sites is 2. The zero-order valence-electron chi connectivity index (χ0n) is 15.0. The lowest BCUT2D eigenvalue weighted by Crippen LogP contribution is -1.93. The van der Waals surface area contributed by atoms with E-state index in [1.807, 2.05) is 12.1 Å². The van der Waals surface area contributed by atoms with Gasteiger partial charge in [0, 0.05) is 16.3 Å². The molecule has 0 spiro atoms. The highest BCUT2D eigenvalue weighted by atomic mass is 16.3. The largest absolute Gasteiger partial charge is 0.455 e. The predicted molar refractivity (Wildman–Crippen MR) is 111 cm³/mol. The van der Waals surface area contributed by atoms with E-state index in [9.17, 15) is 0 Å². The van der Waals surface area contributed by atoms with Crippen molar-refractivity contribution in [1.82, 2.24) is 0 Å². The van der Waals surface area contributed by atoms with Gasteiger partial charge in [0.2, 0.25) is 0 Å². The molecular formula is C25H20O. The van der Waals surface area contributed by atoms with Crippen LogP contribution < -0.4 is 0 Å². The Labute approximate surface area is 152 Å². The maximum Gasteiger partial charge on any atom is 0.143 e. The molecule has 0 unspecified atom stereocenters. The monoisotopic (exact) mass is 336 g/mol. The quantitative estimate of drug-likeness (QED) is 0.325. The van der Waals surface area contributed by atoms with Crippen molar-refractivity contribution >= 4 is 32.7 Å². The van der Waals surface area contributed by atoms with Gasteiger partial charge >= 0.3 is 0 Å². The normalized spacial score (nSPS) is 11.8. The van der Waals surface area contributed by atoms with Crippen LogP contribution in [-0.4, -0.2) is 0 Å². The Balaban J connectivity index is 1.89. The van der Waals surface area contributed by atoms with Crippen molar-refractivity contribution in [3.05, 3.63) is 84.4 Å². The van der Waals surface area contributed by atoms with Crippen molar-refractivity contribution < 1.29 is 4.42 Å². The fourth-order valence-corrected chi connectivity index (χ4v) is 3.93. The second-order valence-electron chi connectivity index (χ2n) is 7.22. The van der Waals surface area contributed by atoms with Crippen LogP contribution >= 0.6 is 0 Å². The van der Waals surface area contributed by atoms with Crippen molar-refractivity contribution in [1.29, 1.82) is 0 Å². The molecule has 126 valence electrons. The molecule has 0 aliphatic heterocycles. The lowest BCUT2D eigenvalue weighted by atomic mass is 9.89. The van der Waals surface area contributed by atoms with Crippen molar-refractivity contribution in [3.63, 3.8) is 0 Å². The molecule has 4 aromatic carbocycles. The van der Waals surface area contributed by atoms with E-state index >= 15 is 0 Å². The first kappa shape index (κ1) is 15.2. The van der Waals surface area contributed by atoms with Crippen LogP contribution in [0.25, 0.3) is 43.8 Å². The summed E-state index contributed by atoms with van der Waals surface area (Å²) in [5, 5.41) is 4.91. The first-order chi connectivity index (χ1) is 12.7. The molecule has 26 heavy (non-hydrogen) atoms. The molecule has 0 radical (unpaired) electrons. The number of hydrogen-bond acceptors (Lipinski definition) is 1. The third kappa shape index (κ3) is 2.24. The van der Waals surface area contributed by atoms with Gasteiger partial charge in [-0.25, -0.2) is 0 Å². The molecule has 0 fully saturated rings. The van der Waals surface area contributed by atoms with Gasteiger partial charge in [0.1, 0.15) is 11.2 Å². The van der Waals surface area contributed by atoms with Crippen molar-refractivity contribution in [2.45, 2.75) is 19.8 Å². The summed E-state index contributed by atoms with van der Waals surface area (Å²) in [4.78, 5) is 0. The number of benzene rings is 4. The van der Waals surface area contributed by atoms with Gasteiger partial charge in [-0.3, -0.25) is 0 Å². The number of fused-ring (bicyclic) bond motifs is 4. The molecule has 5 rings (SSSR count). The molecule has 5 aromatic rings. The minimum Gasteiger partial charge on any atom is -0.455 e. The van der Waals surface area contributed by atoms with E-state index in [1.54, 1.807) is 0 Å². The maximum absolute atomic E-state index is 6.28. The van der Waals surface area contributed by atoms with Crippen molar-refractivity contribution in [2.75, 3.05) is 0 Å². The Morgan fingerprint density at radius 2 is 1.35 bits per heavy atom. The molecule has 1 heterocycles. The molecule has 0 bridgehead atoms. The third-order valence-corrected chi connectivity index (χ3v) is 5.23. The van der Waals surface area contributed by atoms with Crippen LogP contribution in [0.4, 0.5) is 0 Å². The van der Waals surface area contributed by atoms with Crippen molar-refractivity contribution in [2.24, 2.45) is 0 Å². The van der Waals surface area contributed by atoms with Gasteiger partial charge in [-0.1, -0.05) is 80.6 Å². The minimum atomic E-state index is 0.439. The molecule has 0 aliphatic carbocycles. The number of rotatable bonds is 2. The molecule has 0 N–H and O–H groups in total. The van der Waals surface area contributed by atoms with Gasteiger partial charge in [-0.05, 0) is 39.9 Å². The highest BCUT2D eigenvalue weighted by Crippen LogP contribution is 2.39. The number of hydrogen-bond donors (Lipinski definition) is 0. The highest BCUT2D eigenvalue weighted by molar-refractivity contribution is 6.10. The Bertz CT molecular complexity index is 1260. The van der Waals surface area contributed by atoms with E-state index in [4.69, 9.17) is 4.42 Å². The summed E-state index contributed by atoms with van der Waals surface area (Å²) < 4.78 is 6.28. The van der Waals surface area contributed by atoms with Crippen LogP contribution in [0.2, 0.25) is 0 Å². The SMILES string of the molecule is CC(C)c1cc2ccccc2cc1-c1cccc2c1oc1ccccc12. The van der Waals surface area contributed by atoms with Gasteiger partial charge in [0.25, 0.3) is 0 Å². The topological polar surface area (TPSA) is 13.1 Å². The second kappa shape index (κ2) is 5.74. The van der Waals surface area contributed by atoms with E-state index < -0.39 is 0 Å². The van der Waals surface area contributed by atoms with Gasteiger partial charge in [0.15, 0.2) is 0 Å². The van der Waals surface area contributed by atoms with Crippen LogP contribution in [0.3, 0.4) is 0 Å². The fourth-order valence-electron chi connectivity index (χ4n) is 3.93. The molecule has 0 aliphatic rings. The van der Waals surface area contributed by atoms with Gasteiger partial charge in [0.05, 0.1) is 0 Å². The zero-order chi connectivity index (χ0) is 17.7. The molecule has 0 saturated carbocycles. The zero-order valence-corrected chi connectivity index (χ0v) is 15.0. The molecule has 0 amide bonds. The smallest absolute Gasteiger partial charge is 0.143 e. The van der Waals surface area contributed by atoms with E-state index in [-0.39, 0.29) is 0 Å². The summed E-state index contributed by atoms with van der Waals surface area (Å²) in [5.41, 5.74) is 5.72. The summed E-state index contributed by atoms with van der Waals surface area (Å²) in [5.74, 6) is 0.439. The first-order valence-corrected chi connectivity index (χ1v) is 9.16. The van der Waals surface area contributed by atoms with Crippen LogP contribution in [-0.2, 0) is 0 Å². The standard InChI is InChI=1S/C25H20O/c1-16(2)22-14-17-8-3-4-9-18(17)15-23(22)21-12-7-11-20-19-10-5-6-13-24(19)26-25(20)21/h3-16H,1-2H3. The lowest BCUT2D eigenvalue weighted by Gasteiger charge is -2.15. The molecule has 1 aromatic heterocycles. The fraction of sp³-hybridized carbons (Fsp3) is 0.120. The van der Waals surface area contributed by atoms with E-state index in [1.165, 1.54) is 38.2 Å². The molecule has 1 heteroatoms. The molecule has 0 saturated heterocycles. The van der Waals surface area contributed by atoms with Gasteiger partial charge < -0.3 is 4.42 Å². The highest BCUT2D eigenvalue weighted by Gasteiger charge is 2.16. The average molecular weight is 336 g/mol. The third-order valence-electron chi connectivity index (χ3n) is 5.23. The summed E-state index contributed by atoms with van der Waals surface area (Å²) in [6, 6.07) is 28.0. The second-order valence-corrected chi connectivity index (χ2v) is 7.22. The van der Waals surface area contributed by atoms with Crippen LogP contribution in [0.1, 0.15) is 25.3 Å². The summed E-state index contributed by atoms with van der Waals surface area (Å²) >= 11 is 0. The van der Waals surface area contributed by atoms with E-state index in [2.05, 4.69) is 80.6 Å². The molecule has 1 nitrogen and oxygen atoms in total. The average Bonchev–Trinajstić information content (AvgIpc) is 3.05. The first-order valence-electron chi connectivity index (χ1n) is 9.16. The summed E-state index contributed by atoms with van der Waals surface area (Å²) in [6.45, 7) is 4.51. The summed E-state index contributed by atoms with van der Waals surface area (Å²) in [6.07, 6.45) is 0. The van der Waals surface area contributed by atoms with Crippen LogP contribution in [0.5, 0.6) is 0 Å². The lowest BCUT2D eigenvalue weighted by molar-refractivity contribution is 0.670. The Kier molecular flexibility index (Phi) is 3.36. The Hall–Kier alpha value is -3.06. The Morgan fingerprint density at radius 3 is 2.15 bits per heavy atom. The Morgan fingerprint density at radius 1 is 0.654 bits per heavy atom.